The molecule has 0 aliphatic heterocycles. The van der Waals surface area contributed by atoms with Gasteiger partial charge < -0.3 is 9.47 Å². The van der Waals surface area contributed by atoms with Gasteiger partial charge in [0.15, 0.2) is 5.69 Å². The van der Waals surface area contributed by atoms with Crippen LogP contribution in [-0.4, -0.2) is 28.5 Å². The topological polar surface area (TPSA) is 78.4 Å². The minimum Gasteiger partial charge on any atom is -0.461 e. The molecule has 0 fully saturated rings. The van der Waals surface area contributed by atoms with Crippen LogP contribution >= 0.6 is 11.3 Å². The number of carbonyl (C=O) groups is 2. The smallest absolute Gasteiger partial charge is 0.357 e. The van der Waals surface area contributed by atoms with Gasteiger partial charge in [-0.2, -0.15) is 0 Å². The number of thiazole rings is 1. The second-order valence-corrected chi connectivity index (χ2v) is 4.61. The third-order valence-corrected chi connectivity index (χ3v) is 3.08. The van der Waals surface area contributed by atoms with Crippen molar-refractivity contribution in [3.63, 3.8) is 0 Å². The van der Waals surface area contributed by atoms with Crippen molar-refractivity contribution in [2.75, 3.05) is 6.61 Å². The predicted molar refractivity (Wildman–Crippen MR) is 71.4 cm³/mol. The first-order chi connectivity index (χ1) is 9.70. The van der Waals surface area contributed by atoms with E-state index in [4.69, 9.17) is 9.47 Å². The Morgan fingerprint density at radius 3 is 2.85 bits per heavy atom. The van der Waals surface area contributed by atoms with Crippen molar-refractivity contribution in [3.05, 3.63) is 46.2 Å². The molecule has 0 atom stereocenters. The Labute approximate surface area is 119 Å². The fourth-order valence-corrected chi connectivity index (χ4v) is 2.04. The number of nitrogens with zero attached hydrogens (tertiary/aromatic N) is 2. The molecule has 0 amide bonds. The maximum Gasteiger partial charge on any atom is 0.357 e. The summed E-state index contributed by atoms with van der Waals surface area (Å²) >= 11 is 1.24. The summed E-state index contributed by atoms with van der Waals surface area (Å²) in [5.41, 5.74) is 0.596. The molecular weight excluding hydrogens is 280 g/mol. The average Bonchev–Trinajstić information content (AvgIpc) is 2.95. The van der Waals surface area contributed by atoms with Gasteiger partial charge in [-0.3, -0.25) is 4.98 Å². The van der Waals surface area contributed by atoms with Gasteiger partial charge in [0.1, 0.15) is 11.6 Å². The van der Waals surface area contributed by atoms with Crippen molar-refractivity contribution in [2.45, 2.75) is 13.5 Å². The summed E-state index contributed by atoms with van der Waals surface area (Å²) in [6.07, 6.45) is 3.00. The Bertz CT molecular complexity index is 597. The number of hydrogen-bond acceptors (Lipinski definition) is 7. The molecule has 0 radical (unpaired) electrons. The molecule has 0 saturated carbocycles. The highest BCUT2D eigenvalue weighted by Crippen LogP contribution is 2.13. The summed E-state index contributed by atoms with van der Waals surface area (Å²) in [5, 5.41) is 2.11. The first-order valence-electron chi connectivity index (χ1n) is 5.89. The number of aromatic nitrogens is 2. The van der Waals surface area contributed by atoms with Crippen molar-refractivity contribution >= 4 is 23.3 Å². The number of pyridine rings is 1. The zero-order valence-electron chi connectivity index (χ0n) is 10.7. The number of rotatable bonds is 5. The van der Waals surface area contributed by atoms with E-state index in [1.165, 1.54) is 17.5 Å². The molecule has 0 bridgehead atoms. The molecular formula is C13H12N2O4S. The quantitative estimate of drug-likeness (QED) is 0.785. The van der Waals surface area contributed by atoms with Crippen LogP contribution in [0.3, 0.4) is 0 Å². The van der Waals surface area contributed by atoms with Gasteiger partial charge >= 0.3 is 11.9 Å². The van der Waals surface area contributed by atoms with Gasteiger partial charge in [-0.1, -0.05) is 0 Å². The van der Waals surface area contributed by atoms with E-state index < -0.39 is 11.9 Å². The zero-order valence-corrected chi connectivity index (χ0v) is 11.6. The number of ether oxygens (including phenoxy) is 2. The van der Waals surface area contributed by atoms with Gasteiger partial charge in [-0.05, 0) is 19.1 Å². The molecule has 104 valence electrons. The summed E-state index contributed by atoms with van der Waals surface area (Å²) in [5.74, 6) is -0.959. The molecule has 0 spiro atoms. The molecule has 2 aromatic rings. The first kappa shape index (κ1) is 14.1. The van der Waals surface area contributed by atoms with Crippen molar-refractivity contribution in [2.24, 2.45) is 0 Å². The Balaban J connectivity index is 1.92. The highest BCUT2D eigenvalue weighted by Gasteiger charge is 2.13. The monoisotopic (exact) mass is 292 g/mol. The van der Waals surface area contributed by atoms with Crippen molar-refractivity contribution in [1.29, 1.82) is 0 Å². The van der Waals surface area contributed by atoms with E-state index in [9.17, 15) is 9.59 Å². The SMILES string of the molecule is CCOC(=O)c1csc(COC(=O)c2cccnc2)n1. The molecule has 0 N–H and O–H groups in total. The summed E-state index contributed by atoms with van der Waals surface area (Å²) in [6, 6.07) is 3.26. The van der Waals surface area contributed by atoms with Crippen LogP contribution in [0.25, 0.3) is 0 Å². The van der Waals surface area contributed by atoms with Gasteiger partial charge in [0.2, 0.25) is 0 Å². The van der Waals surface area contributed by atoms with Gasteiger partial charge in [0.05, 0.1) is 12.2 Å². The Kier molecular flexibility index (Phi) is 4.78. The average molecular weight is 292 g/mol. The summed E-state index contributed by atoms with van der Waals surface area (Å²) in [6.45, 7) is 2.03. The van der Waals surface area contributed by atoms with Crippen LogP contribution in [0.4, 0.5) is 0 Å². The lowest BCUT2D eigenvalue weighted by Gasteiger charge is -2.01. The van der Waals surface area contributed by atoms with Crippen LogP contribution in [0.1, 0.15) is 32.8 Å². The first-order valence-corrected chi connectivity index (χ1v) is 6.77. The Morgan fingerprint density at radius 1 is 1.30 bits per heavy atom. The fraction of sp³-hybridized carbons (Fsp3) is 0.231. The van der Waals surface area contributed by atoms with E-state index in [2.05, 4.69) is 9.97 Å². The maximum absolute atomic E-state index is 11.7. The van der Waals surface area contributed by atoms with Gasteiger partial charge in [-0.25, -0.2) is 14.6 Å². The standard InChI is InChI=1S/C13H12N2O4S/c1-2-18-13(17)10-8-20-11(15-10)7-19-12(16)9-4-3-5-14-6-9/h3-6,8H,2,7H2,1H3. The molecule has 2 heterocycles. The zero-order chi connectivity index (χ0) is 14.4. The van der Waals surface area contributed by atoms with E-state index in [1.54, 1.807) is 30.6 Å². The lowest BCUT2D eigenvalue weighted by molar-refractivity contribution is 0.0471. The van der Waals surface area contributed by atoms with E-state index >= 15 is 0 Å². The third-order valence-electron chi connectivity index (χ3n) is 2.26. The van der Waals surface area contributed by atoms with Crippen molar-refractivity contribution < 1.29 is 19.1 Å². The molecule has 20 heavy (non-hydrogen) atoms. The largest absolute Gasteiger partial charge is 0.461 e. The Morgan fingerprint density at radius 2 is 2.15 bits per heavy atom. The molecule has 0 aliphatic rings. The van der Waals surface area contributed by atoms with Crippen LogP contribution in [0.2, 0.25) is 0 Å². The molecule has 2 aromatic heterocycles. The minimum atomic E-state index is -0.481. The van der Waals surface area contributed by atoms with Crippen LogP contribution in [0, 0.1) is 0 Å². The number of esters is 2. The highest BCUT2D eigenvalue weighted by atomic mass is 32.1. The molecule has 6 nitrogen and oxygen atoms in total. The lowest BCUT2D eigenvalue weighted by atomic mass is 10.3. The van der Waals surface area contributed by atoms with Gasteiger partial charge in [0, 0.05) is 17.8 Å². The Hall–Kier alpha value is -2.28. The molecule has 7 heteroatoms. The van der Waals surface area contributed by atoms with Gasteiger partial charge in [-0.15, -0.1) is 11.3 Å². The number of carbonyl (C=O) groups excluding carboxylic acids is 2. The van der Waals surface area contributed by atoms with Gasteiger partial charge in [0.25, 0.3) is 0 Å². The molecule has 0 unspecified atom stereocenters. The van der Waals surface area contributed by atoms with Crippen LogP contribution in [-0.2, 0) is 16.1 Å². The predicted octanol–water partition coefficient (Wildman–Crippen LogP) is 2.07. The molecule has 2 rings (SSSR count). The van der Waals surface area contributed by atoms with Crippen LogP contribution in [0.5, 0.6) is 0 Å². The minimum absolute atomic E-state index is 0.0117. The van der Waals surface area contributed by atoms with E-state index in [0.717, 1.165) is 0 Å². The fourth-order valence-electron chi connectivity index (χ4n) is 1.37. The second kappa shape index (κ2) is 6.76. The summed E-state index contributed by atoms with van der Waals surface area (Å²) < 4.78 is 9.91. The second-order valence-electron chi connectivity index (χ2n) is 3.66. The number of hydrogen-bond donors (Lipinski definition) is 0. The maximum atomic E-state index is 11.7. The highest BCUT2D eigenvalue weighted by molar-refractivity contribution is 7.09. The molecule has 0 saturated heterocycles. The van der Waals surface area contributed by atoms with Crippen molar-refractivity contribution in [3.8, 4) is 0 Å². The van der Waals surface area contributed by atoms with E-state index in [1.807, 2.05) is 0 Å². The van der Waals surface area contributed by atoms with E-state index in [0.29, 0.717) is 17.2 Å². The van der Waals surface area contributed by atoms with Crippen molar-refractivity contribution in [1.82, 2.24) is 9.97 Å². The van der Waals surface area contributed by atoms with Crippen LogP contribution < -0.4 is 0 Å². The molecule has 0 aromatic carbocycles. The third kappa shape index (κ3) is 3.61. The normalized spacial score (nSPS) is 10.1. The molecule has 0 aliphatic carbocycles. The summed E-state index contributed by atoms with van der Waals surface area (Å²) in [7, 11) is 0. The summed E-state index contributed by atoms with van der Waals surface area (Å²) in [4.78, 5) is 31.0. The van der Waals surface area contributed by atoms with Crippen LogP contribution in [0.15, 0.2) is 29.9 Å². The van der Waals surface area contributed by atoms with E-state index in [-0.39, 0.29) is 12.3 Å². The lowest BCUT2D eigenvalue weighted by Crippen LogP contribution is -2.07.